The summed E-state index contributed by atoms with van der Waals surface area (Å²) in [7, 11) is 0. The van der Waals surface area contributed by atoms with Gasteiger partial charge in [-0.25, -0.2) is 0 Å². The first-order valence-electron chi connectivity index (χ1n) is 10.2. The van der Waals surface area contributed by atoms with Gasteiger partial charge in [0.05, 0.1) is 22.0 Å². The molecule has 6 nitrogen and oxygen atoms in total. The lowest BCUT2D eigenvalue weighted by Gasteiger charge is -2.47. The molecule has 0 aliphatic carbocycles. The van der Waals surface area contributed by atoms with Crippen LogP contribution >= 0.6 is 23.2 Å². The van der Waals surface area contributed by atoms with Crippen molar-refractivity contribution in [3.8, 4) is 0 Å². The van der Waals surface area contributed by atoms with E-state index in [2.05, 4.69) is 5.32 Å². The lowest BCUT2D eigenvalue weighted by molar-refractivity contribution is -0.131. The molecule has 0 saturated carbocycles. The fraction of sp³-hybridized carbons (Fsp3) is 0.348. The Morgan fingerprint density at radius 3 is 2.42 bits per heavy atom. The van der Waals surface area contributed by atoms with Gasteiger partial charge in [-0.05, 0) is 42.7 Å². The van der Waals surface area contributed by atoms with Crippen molar-refractivity contribution < 1.29 is 14.4 Å². The highest BCUT2D eigenvalue weighted by atomic mass is 35.5. The Morgan fingerprint density at radius 2 is 1.77 bits per heavy atom. The number of hydrogen-bond donors (Lipinski definition) is 1. The molecule has 2 aromatic carbocycles. The topological polar surface area (TPSA) is 69.7 Å². The van der Waals surface area contributed by atoms with Crippen LogP contribution in [-0.2, 0) is 16.1 Å². The van der Waals surface area contributed by atoms with E-state index >= 15 is 0 Å². The van der Waals surface area contributed by atoms with Crippen LogP contribution in [0.15, 0.2) is 42.5 Å². The number of benzene rings is 2. The van der Waals surface area contributed by atoms with Crippen LogP contribution in [0.1, 0.15) is 42.1 Å². The lowest BCUT2D eigenvalue weighted by Crippen LogP contribution is -2.57. The molecule has 0 atom stereocenters. The van der Waals surface area contributed by atoms with Crippen LogP contribution in [0.25, 0.3) is 0 Å². The number of nitrogens with one attached hydrogen (secondary N) is 1. The predicted molar refractivity (Wildman–Crippen MR) is 120 cm³/mol. The molecule has 2 aliphatic rings. The van der Waals surface area contributed by atoms with Crippen molar-refractivity contribution in [2.75, 3.05) is 18.4 Å². The maximum absolute atomic E-state index is 13.2. The molecule has 8 heteroatoms. The summed E-state index contributed by atoms with van der Waals surface area (Å²) >= 11 is 12.0. The second kappa shape index (κ2) is 8.52. The van der Waals surface area contributed by atoms with Crippen LogP contribution < -0.4 is 5.32 Å². The third kappa shape index (κ3) is 4.27. The molecule has 3 amide bonds. The van der Waals surface area contributed by atoms with Gasteiger partial charge in [-0.15, -0.1) is 0 Å². The van der Waals surface area contributed by atoms with Gasteiger partial charge in [0.25, 0.3) is 5.91 Å². The number of hydrogen-bond acceptors (Lipinski definition) is 3. The molecule has 2 aromatic rings. The van der Waals surface area contributed by atoms with Gasteiger partial charge in [-0.1, -0.05) is 41.4 Å². The molecule has 0 bridgehead atoms. The van der Waals surface area contributed by atoms with Gasteiger partial charge >= 0.3 is 0 Å². The minimum absolute atomic E-state index is 0.00453. The largest absolute Gasteiger partial charge is 0.343 e. The number of likely N-dealkylation sites (tertiary alicyclic amines) is 1. The molecule has 0 spiro atoms. The second-order valence-electron chi connectivity index (χ2n) is 8.13. The van der Waals surface area contributed by atoms with E-state index in [1.54, 1.807) is 30.0 Å². The van der Waals surface area contributed by atoms with Gasteiger partial charge in [0, 0.05) is 37.8 Å². The standard InChI is InChI=1S/C23H23Cl2N3O3/c1-15(29)27-10-8-23(9-11-27,28-14-16-4-2-3-5-18(16)22(28)31)13-21(30)26-17-6-7-19(24)20(25)12-17/h2-7,12H,8-11,13-14H2,1H3,(H,26,30). The van der Waals surface area contributed by atoms with Gasteiger partial charge in [0.2, 0.25) is 11.8 Å². The van der Waals surface area contributed by atoms with E-state index in [4.69, 9.17) is 23.2 Å². The molecule has 31 heavy (non-hydrogen) atoms. The van der Waals surface area contributed by atoms with Crippen molar-refractivity contribution in [3.05, 3.63) is 63.6 Å². The number of halogens is 2. The molecular weight excluding hydrogens is 437 g/mol. The Balaban J connectivity index is 1.58. The van der Waals surface area contributed by atoms with Crippen LogP contribution in [0.3, 0.4) is 0 Å². The highest BCUT2D eigenvalue weighted by Gasteiger charge is 2.47. The van der Waals surface area contributed by atoms with Crippen LogP contribution in [0.5, 0.6) is 0 Å². The Labute approximate surface area is 191 Å². The highest BCUT2D eigenvalue weighted by Crippen LogP contribution is 2.39. The van der Waals surface area contributed by atoms with Crippen molar-refractivity contribution in [2.24, 2.45) is 0 Å². The molecule has 2 aliphatic heterocycles. The third-order valence-electron chi connectivity index (χ3n) is 6.23. The number of nitrogens with zero attached hydrogens (tertiary/aromatic N) is 2. The zero-order chi connectivity index (χ0) is 22.2. The van der Waals surface area contributed by atoms with E-state index in [9.17, 15) is 14.4 Å². The number of carbonyl (C=O) groups excluding carboxylic acids is 3. The van der Waals surface area contributed by atoms with E-state index in [1.165, 1.54) is 0 Å². The molecule has 4 rings (SSSR count). The van der Waals surface area contributed by atoms with Crippen LogP contribution in [-0.4, -0.2) is 46.1 Å². The van der Waals surface area contributed by atoms with Crippen molar-refractivity contribution >= 4 is 46.6 Å². The van der Waals surface area contributed by atoms with Crippen molar-refractivity contribution in [2.45, 2.75) is 38.3 Å². The Hall–Kier alpha value is -2.57. The molecule has 1 N–H and O–H groups in total. The lowest BCUT2D eigenvalue weighted by atomic mass is 9.82. The zero-order valence-electron chi connectivity index (χ0n) is 17.2. The van der Waals surface area contributed by atoms with Gasteiger partial charge in [-0.2, -0.15) is 0 Å². The molecule has 0 radical (unpaired) electrons. The summed E-state index contributed by atoms with van der Waals surface area (Å²) in [6.07, 6.45) is 1.22. The first kappa shape index (κ1) is 21.7. The SMILES string of the molecule is CC(=O)N1CCC(CC(=O)Nc2ccc(Cl)c(Cl)c2)(N2Cc3ccccc3C2=O)CC1. The quantitative estimate of drug-likeness (QED) is 0.737. The van der Waals surface area contributed by atoms with E-state index in [0.29, 0.717) is 53.8 Å². The predicted octanol–water partition coefficient (Wildman–Crippen LogP) is 4.36. The van der Waals surface area contributed by atoms with Gasteiger partial charge in [0.15, 0.2) is 0 Å². The third-order valence-corrected chi connectivity index (χ3v) is 6.97. The number of piperidine rings is 1. The fourth-order valence-electron chi connectivity index (χ4n) is 4.50. The summed E-state index contributed by atoms with van der Waals surface area (Å²) in [5, 5.41) is 3.64. The van der Waals surface area contributed by atoms with E-state index < -0.39 is 5.54 Å². The fourth-order valence-corrected chi connectivity index (χ4v) is 4.79. The Morgan fingerprint density at radius 1 is 1.06 bits per heavy atom. The van der Waals surface area contributed by atoms with Gasteiger partial charge < -0.3 is 15.1 Å². The van der Waals surface area contributed by atoms with Gasteiger partial charge in [-0.3, -0.25) is 14.4 Å². The van der Waals surface area contributed by atoms with Crippen molar-refractivity contribution in [1.82, 2.24) is 9.80 Å². The maximum Gasteiger partial charge on any atom is 0.254 e. The Bertz CT molecular complexity index is 1050. The van der Waals surface area contributed by atoms with Crippen LogP contribution in [0, 0.1) is 0 Å². The highest BCUT2D eigenvalue weighted by molar-refractivity contribution is 6.42. The number of rotatable bonds is 4. The summed E-state index contributed by atoms with van der Waals surface area (Å²) in [4.78, 5) is 41.7. The summed E-state index contributed by atoms with van der Waals surface area (Å²) in [6.45, 7) is 3.03. The molecule has 162 valence electrons. The van der Waals surface area contributed by atoms with Gasteiger partial charge in [0.1, 0.15) is 0 Å². The molecule has 1 saturated heterocycles. The van der Waals surface area contributed by atoms with Crippen molar-refractivity contribution in [1.29, 1.82) is 0 Å². The average Bonchev–Trinajstić information content (AvgIpc) is 3.08. The number of carbonyl (C=O) groups is 3. The average molecular weight is 460 g/mol. The molecule has 2 heterocycles. The second-order valence-corrected chi connectivity index (χ2v) is 8.95. The summed E-state index contributed by atoms with van der Waals surface area (Å²) in [5.41, 5.74) is 1.53. The molecule has 1 fully saturated rings. The number of fused-ring (bicyclic) bond motifs is 1. The van der Waals surface area contributed by atoms with E-state index in [1.807, 2.05) is 29.2 Å². The van der Waals surface area contributed by atoms with Crippen molar-refractivity contribution in [3.63, 3.8) is 0 Å². The van der Waals surface area contributed by atoms with E-state index in [0.717, 1.165) is 5.56 Å². The first-order valence-corrected chi connectivity index (χ1v) is 10.9. The normalized spacial score (nSPS) is 17.5. The summed E-state index contributed by atoms with van der Waals surface area (Å²) < 4.78 is 0. The number of anilines is 1. The monoisotopic (exact) mass is 459 g/mol. The minimum atomic E-state index is -0.664. The van der Waals surface area contributed by atoms with Crippen LogP contribution in [0.2, 0.25) is 10.0 Å². The van der Waals surface area contributed by atoms with E-state index in [-0.39, 0.29) is 24.1 Å². The molecule has 0 unspecified atom stereocenters. The Kier molecular flexibility index (Phi) is 5.95. The number of amides is 3. The first-order chi connectivity index (χ1) is 14.8. The minimum Gasteiger partial charge on any atom is -0.343 e. The maximum atomic E-state index is 13.2. The summed E-state index contributed by atoms with van der Waals surface area (Å²) in [5.74, 6) is -0.266. The molecule has 0 aromatic heterocycles. The molecular formula is C23H23Cl2N3O3. The summed E-state index contributed by atoms with van der Waals surface area (Å²) in [6, 6.07) is 12.5. The van der Waals surface area contributed by atoms with Crippen LogP contribution in [0.4, 0.5) is 5.69 Å². The smallest absolute Gasteiger partial charge is 0.254 e. The zero-order valence-corrected chi connectivity index (χ0v) is 18.7.